The highest BCUT2D eigenvalue weighted by molar-refractivity contribution is 5.97. The Morgan fingerprint density at radius 3 is 2.74 bits per heavy atom. The summed E-state index contributed by atoms with van der Waals surface area (Å²) in [6, 6.07) is 14.1. The van der Waals surface area contributed by atoms with E-state index in [0.29, 0.717) is 5.75 Å². The van der Waals surface area contributed by atoms with Crippen molar-refractivity contribution >= 4 is 23.3 Å². The number of hydrogen-bond acceptors (Lipinski definition) is 4. The average molecular weight is 310 g/mol. The second-order valence-corrected chi connectivity index (χ2v) is 5.38. The van der Waals surface area contributed by atoms with Crippen molar-refractivity contribution in [3.05, 3.63) is 54.1 Å². The number of anilines is 2. The highest BCUT2D eigenvalue weighted by Gasteiger charge is 2.29. The van der Waals surface area contributed by atoms with Gasteiger partial charge in [0.2, 0.25) is 5.91 Å². The van der Waals surface area contributed by atoms with Crippen LogP contribution < -0.4 is 15.4 Å². The lowest BCUT2D eigenvalue weighted by molar-refractivity contribution is -0.137. The van der Waals surface area contributed by atoms with Gasteiger partial charge in [-0.2, -0.15) is 0 Å². The van der Waals surface area contributed by atoms with Crippen LogP contribution in [0.1, 0.15) is 18.9 Å². The maximum absolute atomic E-state index is 12.2. The molecule has 0 bridgehead atoms. The number of rotatable bonds is 4. The zero-order valence-electron chi connectivity index (χ0n) is 12.8. The Morgan fingerprint density at radius 2 is 1.91 bits per heavy atom. The van der Waals surface area contributed by atoms with E-state index in [1.807, 2.05) is 43.3 Å². The van der Waals surface area contributed by atoms with Crippen LogP contribution in [0.2, 0.25) is 0 Å². The van der Waals surface area contributed by atoms with Crippen molar-refractivity contribution in [2.75, 3.05) is 10.6 Å². The standard InChI is InChI=1S/C18H18N2O3/c1-2-12-7-3-4-8-13(12)20-17(21)11-15-18(22)23-16-10-6-5-9-14(16)19-15/h3-10,15,19H,2,11H2,1H3,(H,20,21). The molecular weight excluding hydrogens is 292 g/mol. The Labute approximate surface area is 134 Å². The van der Waals surface area contributed by atoms with Gasteiger partial charge in [0.05, 0.1) is 12.1 Å². The number of esters is 1. The molecule has 118 valence electrons. The molecule has 5 nitrogen and oxygen atoms in total. The Hall–Kier alpha value is -2.82. The van der Waals surface area contributed by atoms with Crippen LogP contribution in [0.5, 0.6) is 5.75 Å². The summed E-state index contributed by atoms with van der Waals surface area (Å²) in [5.41, 5.74) is 2.56. The van der Waals surface area contributed by atoms with Gasteiger partial charge in [-0.25, -0.2) is 4.79 Å². The minimum Gasteiger partial charge on any atom is -0.423 e. The number of aryl methyl sites for hydroxylation is 1. The smallest absolute Gasteiger partial charge is 0.334 e. The highest BCUT2D eigenvalue weighted by Crippen LogP contribution is 2.29. The Balaban J connectivity index is 1.68. The van der Waals surface area contributed by atoms with Gasteiger partial charge in [-0.15, -0.1) is 0 Å². The summed E-state index contributed by atoms with van der Waals surface area (Å²) in [5.74, 6) is -0.173. The molecule has 1 atom stereocenters. The summed E-state index contributed by atoms with van der Waals surface area (Å²) in [4.78, 5) is 24.3. The molecule has 0 aromatic heterocycles. The predicted molar refractivity (Wildman–Crippen MR) is 88.6 cm³/mol. The first-order chi connectivity index (χ1) is 11.2. The van der Waals surface area contributed by atoms with E-state index in [0.717, 1.165) is 23.4 Å². The van der Waals surface area contributed by atoms with Crippen molar-refractivity contribution in [2.45, 2.75) is 25.8 Å². The molecule has 0 spiro atoms. The lowest BCUT2D eigenvalue weighted by atomic mass is 10.1. The maximum Gasteiger partial charge on any atom is 0.334 e. The Morgan fingerprint density at radius 1 is 1.17 bits per heavy atom. The molecular formula is C18H18N2O3. The van der Waals surface area contributed by atoms with E-state index in [-0.39, 0.29) is 12.3 Å². The molecule has 1 heterocycles. The van der Waals surface area contributed by atoms with Crippen LogP contribution in [-0.4, -0.2) is 17.9 Å². The van der Waals surface area contributed by atoms with Crippen molar-refractivity contribution in [2.24, 2.45) is 0 Å². The molecule has 1 aliphatic rings. The molecule has 0 fully saturated rings. The van der Waals surface area contributed by atoms with E-state index in [2.05, 4.69) is 10.6 Å². The number of ether oxygens (including phenoxy) is 1. The summed E-state index contributed by atoms with van der Waals surface area (Å²) in [6.45, 7) is 2.03. The predicted octanol–water partition coefficient (Wildman–Crippen LogP) is 2.98. The van der Waals surface area contributed by atoms with Gasteiger partial charge in [-0.1, -0.05) is 37.3 Å². The van der Waals surface area contributed by atoms with Gasteiger partial charge in [0.15, 0.2) is 5.75 Å². The average Bonchev–Trinajstić information content (AvgIpc) is 2.56. The number of nitrogens with one attached hydrogen (secondary N) is 2. The summed E-state index contributed by atoms with van der Waals surface area (Å²) in [7, 11) is 0. The molecule has 1 unspecified atom stereocenters. The van der Waals surface area contributed by atoms with E-state index in [9.17, 15) is 9.59 Å². The van der Waals surface area contributed by atoms with Crippen LogP contribution in [-0.2, 0) is 16.0 Å². The van der Waals surface area contributed by atoms with E-state index < -0.39 is 12.0 Å². The van der Waals surface area contributed by atoms with Crippen LogP contribution >= 0.6 is 0 Å². The zero-order valence-corrected chi connectivity index (χ0v) is 12.8. The van der Waals surface area contributed by atoms with Crippen LogP contribution in [0.15, 0.2) is 48.5 Å². The topological polar surface area (TPSA) is 67.4 Å². The van der Waals surface area contributed by atoms with Gasteiger partial charge < -0.3 is 15.4 Å². The molecule has 1 amide bonds. The molecule has 0 radical (unpaired) electrons. The first-order valence-electron chi connectivity index (χ1n) is 7.62. The van der Waals surface area contributed by atoms with Crippen molar-refractivity contribution in [1.82, 2.24) is 0 Å². The molecule has 5 heteroatoms. The first-order valence-corrected chi connectivity index (χ1v) is 7.62. The number of carbonyl (C=O) groups is 2. The molecule has 1 aliphatic heterocycles. The molecule has 3 rings (SSSR count). The van der Waals surface area contributed by atoms with Crippen molar-refractivity contribution in [1.29, 1.82) is 0 Å². The normalized spacial score (nSPS) is 16.0. The van der Waals surface area contributed by atoms with Gasteiger partial charge in [-0.3, -0.25) is 4.79 Å². The minimum absolute atomic E-state index is 0.0191. The highest BCUT2D eigenvalue weighted by atomic mass is 16.5. The van der Waals surface area contributed by atoms with Gasteiger partial charge >= 0.3 is 5.97 Å². The van der Waals surface area contributed by atoms with E-state index in [1.54, 1.807) is 12.1 Å². The number of benzene rings is 2. The fraction of sp³-hybridized carbons (Fsp3) is 0.222. The summed E-state index contributed by atoms with van der Waals surface area (Å²) in [5, 5.41) is 5.92. The van der Waals surface area contributed by atoms with Gasteiger partial charge in [-0.05, 0) is 30.2 Å². The number of fused-ring (bicyclic) bond motifs is 1. The van der Waals surface area contributed by atoms with Crippen LogP contribution in [0.3, 0.4) is 0 Å². The summed E-state index contributed by atoms with van der Waals surface area (Å²) in [6.07, 6.45) is 0.846. The number of carbonyl (C=O) groups excluding carboxylic acids is 2. The molecule has 2 aromatic carbocycles. The SMILES string of the molecule is CCc1ccccc1NC(=O)CC1Nc2ccccc2OC1=O. The molecule has 0 aliphatic carbocycles. The van der Waals surface area contributed by atoms with Crippen LogP contribution in [0.25, 0.3) is 0 Å². The molecule has 2 aromatic rings. The summed E-state index contributed by atoms with van der Waals surface area (Å²) >= 11 is 0. The molecule has 23 heavy (non-hydrogen) atoms. The van der Waals surface area contributed by atoms with Crippen molar-refractivity contribution in [3.63, 3.8) is 0 Å². The maximum atomic E-state index is 12.2. The first kappa shape index (κ1) is 15.1. The number of hydrogen-bond donors (Lipinski definition) is 2. The van der Waals surface area contributed by atoms with Crippen LogP contribution in [0.4, 0.5) is 11.4 Å². The van der Waals surface area contributed by atoms with Gasteiger partial charge in [0, 0.05) is 5.69 Å². The van der Waals surface area contributed by atoms with Crippen LogP contribution in [0, 0.1) is 0 Å². The number of para-hydroxylation sites is 3. The van der Waals surface area contributed by atoms with E-state index in [4.69, 9.17) is 4.74 Å². The molecule has 0 saturated heterocycles. The third-order valence-corrected chi connectivity index (χ3v) is 3.77. The third-order valence-electron chi connectivity index (χ3n) is 3.77. The minimum atomic E-state index is -0.682. The fourth-order valence-electron chi connectivity index (χ4n) is 2.57. The van der Waals surface area contributed by atoms with Crippen molar-refractivity contribution in [3.8, 4) is 5.75 Å². The Kier molecular flexibility index (Phi) is 4.28. The third kappa shape index (κ3) is 3.34. The van der Waals surface area contributed by atoms with Crippen molar-refractivity contribution < 1.29 is 14.3 Å². The number of amides is 1. The Bertz CT molecular complexity index is 743. The second-order valence-electron chi connectivity index (χ2n) is 5.38. The quantitative estimate of drug-likeness (QED) is 0.673. The van der Waals surface area contributed by atoms with E-state index in [1.165, 1.54) is 0 Å². The van der Waals surface area contributed by atoms with Gasteiger partial charge in [0.1, 0.15) is 6.04 Å². The second kappa shape index (κ2) is 6.52. The van der Waals surface area contributed by atoms with Gasteiger partial charge in [0.25, 0.3) is 0 Å². The largest absolute Gasteiger partial charge is 0.423 e. The fourth-order valence-corrected chi connectivity index (χ4v) is 2.57. The lowest BCUT2D eigenvalue weighted by Gasteiger charge is -2.25. The monoisotopic (exact) mass is 310 g/mol. The van der Waals surface area contributed by atoms with E-state index >= 15 is 0 Å². The summed E-state index contributed by atoms with van der Waals surface area (Å²) < 4.78 is 5.26. The molecule has 0 saturated carbocycles. The zero-order chi connectivity index (χ0) is 16.2. The molecule has 2 N–H and O–H groups in total. The lowest BCUT2D eigenvalue weighted by Crippen LogP contribution is -2.39.